The van der Waals surface area contributed by atoms with Gasteiger partial charge in [0.15, 0.2) is 0 Å². The van der Waals surface area contributed by atoms with Crippen LogP contribution in [0.1, 0.15) is 37.7 Å². The molecular formula is C27H37FN4O2. The molecule has 184 valence electrons. The standard InChI is InChI=1S/C27H37FN4O2/c1-31-12-14-32(15-13-31)16-17-34-23-7-8-24(25(28)19-23)26-9-6-22(20-30-26)18-27(33)29-11-10-21-4-2-3-5-21/h6-9,19-21H,2-5,10-18H2,1H3,(H,29,33). The first-order chi connectivity index (χ1) is 16.6. The van der Waals surface area contributed by atoms with Crippen molar-refractivity contribution in [2.45, 2.75) is 38.5 Å². The Balaban J connectivity index is 1.22. The van der Waals surface area contributed by atoms with E-state index in [2.05, 4.69) is 27.1 Å². The molecule has 0 unspecified atom stereocenters. The summed E-state index contributed by atoms with van der Waals surface area (Å²) in [5.41, 5.74) is 1.80. The molecular weight excluding hydrogens is 431 g/mol. The van der Waals surface area contributed by atoms with E-state index in [0.29, 0.717) is 30.0 Å². The van der Waals surface area contributed by atoms with Gasteiger partial charge in [0, 0.05) is 57.1 Å². The van der Waals surface area contributed by atoms with Crippen LogP contribution in [-0.4, -0.2) is 73.6 Å². The average Bonchev–Trinajstić information content (AvgIpc) is 3.35. The van der Waals surface area contributed by atoms with Crippen molar-refractivity contribution in [3.8, 4) is 17.0 Å². The summed E-state index contributed by atoms with van der Waals surface area (Å²) >= 11 is 0. The van der Waals surface area contributed by atoms with Gasteiger partial charge in [-0.2, -0.15) is 0 Å². The van der Waals surface area contributed by atoms with E-state index in [-0.39, 0.29) is 11.7 Å². The molecule has 1 aliphatic heterocycles. The van der Waals surface area contributed by atoms with Crippen LogP contribution in [0, 0.1) is 11.7 Å². The molecule has 2 heterocycles. The van der Waals surface area contributed by atoms with Crippen LogP contribution in [0.3, 0.4) is 0 Å². The Hall–Kier alpha value is -2.51. The van der Waals surface area contributed by atoms with Gasteiger partial charge in [-0.25, -0.2) is 4.39 Å². The van der Waals surface area contributed by atoms with E-state index in [1.165, 1.54) is 31.7 Å². The second-order valence-electron chi connectivity index (χ2n) is 9.65. The lowest BCUT2D eigenvalue weighted by Gasteiger charge is -2.32. The molecule has 1 saturated carbocycles. The zero-order chi connectivity index (χ0) is 23.8. The predicted molar refractivity (Wildman–Crippen MR) is 132 cm³/mol. The summed E-state index contributed by atoms with van der Waals surface area (Å²) in [7, 11) is 2.13. The smallest absolute Gasteiger partial charge is 0.224 e. The third-order valence-corrected chi connectivity index (χ3v) is 7.03. The number of hydrogen-bond donors (Lipinski definition) is 1. The molecule has 34 heavy (non-hydrogen) atoms. The van der Waals surface area contributed by atoms with Crippen molar-refractivity contribution < 1.29 is 13.9 Å². The van der Waals surface area contributed by atoms with E-state index in [1.54, 1.807) is 24.4 Å². The molecule has 2 aliphatic rings. The first-order valence-corrected chi connectivity index (χ1v) is 12.6. The van der Waals surface area contributed by atoms with Gasteiger partial charge in [-0.1, -0.05) is 31.7 Å². The number of piperazine rings is 1. The molecule has 1 saturated heterocycles. The molecule has 1 aromatic heterocycles. The lowest BCUT2D eigenvalue weighted by Crippen LogP contribution is -2.45. The SMILES string of the molecule is CN1CCN(CCOc2ccc(-c3ccc(CC(=O)NCCC4CCCC4)cn3)c(F)c2)CC1. The van der Waals surface area contributed by atoms with E-state index in [1.807, 2.05) is 6.07 Å². The highest BCUT2D eigenvalue weighted by Gasteiger charge is 2.16. The molecule has 4 rings (SSSR count). The van der Waals surface area contributed by atoms with Crippen molar-refractivity contribution in [2.24, 2.45) is 5.92 Å². The molecule has 2 fully saturated rings. The Labute approximate surface area is 202 Å². The highest BCUT2D eigenvalue weighted by molar-refractivity contribution is 5.78. The van der Waals surface area contributed by atoms with Gasteiger partial charge in [-0.15, -0.1) is 0 Å². The molecule has 0 bridgehead atoms. The summed E-state index contributed by atoms with van der Waals surface area (Å²) in [4.78, 5) is 21.3. The Morgan fingerprint density at radius 1 is 1.15 bits per heavy atom. The average molecular weight is 469 g/mol. The number of nitrogens with zero attached hydrogens (tertiary/aromatic N) is 3. The molecule has 2 aromatic rings. The van der Waals surface area contributed by atoms with Crippen molar-refractivity contribution in [1.82, 2.24) is 20.1 Å². The maximum Gasteiger partial charge on any atom is 0.224 e. The van der Waals surface area contributed by atoms with Crippen LogP contribution in [-0.2, 0) is 11.2 Å². The fourth-order valence-corrected chi connectivity index (χ4v) is 4.81. The number of hydrogen-bond acceptors (Lipinski definition) is 5. The number of likely N-dealkylation sites (N-methyl/N-ethyl adjacent to an activating group) is 1. The topological polar surface area (TPSA) is 57.7 Å². The summed E-state index contributed by atoms with van der Waals surface area (Å²) in [5, 5.41) is 3.01. The van der Waals surface area contributed by atoms with Crippen LogP contribution in [0.4, 0.5) is 4.39 Å². The molecule has 6 nitrogen and oxygen atoms in total. The Kier molecular flexibility index (Phi) is 8.88. The number of rotatable bonds is 10. The van der Waals surface area contributed by atoms with E-state index >= 15 is 0 Å². The third-order valence-electron chi connectivity index (χ3n) is 7.03. The number of nitrogens with one attached hydrogen (secondary N) is 1. The molecule has 0 atom stereocenters. The summed E-state index contributed by atoms with van der Waals surface area (Å²) in [6.07, 6.45) is 8.25. The van der Waals surface area contributed by atoms with E-state index in [4.69, 9.17) is 4.74 Å². The van der Waals surface area contributed by atoms with Gasteiger partial charge in [0.1, 0.15) is 18.2 Å². The van der Waals surface area contributed by atoms with Gasteiger partial charge in [-0.3, -0.25) is 14.7 Å². The van der Waals surface area contributed by atoms with Gasteiger partial charge in [0.25, 0.3) is 0 Å². The number of aromatic nitrogens is 1. The summed E-state index contributed by atoms with van der Waals surface area (Å²) in [6.45, 7) is 6.34. The molecule has 0 spiro atoms. The van der Waals surface area contributed by atoms with Gasteiger partial charge >= 0.3 is 0 Å². The largest absolute Gasteiger partial charge is 0.492 e. The number of pyridine rings is 1. The highest BCUT2D eigenvalue weighted by atomic mass is 19.1. The lowest BCUT2D eigenvalue weighted by atomic mass is 10.0. The van der Waals surface area contributed by atoms with Crippen LogP contribution in [0.2, 0.25) is 0 Å². The van der Waals surface area contributed by atoms with Crippen molar-refractivity contribution in [2.75, 3.05) is 52.9 Å². The Morgan fingerprint density at radius 3 is 2.65 bits per heavy atom. The summed E-state index contributed by atoms with van der Waals surface area (Å²) < 4.78 is 20.5. The van der Waals surface area contributed by atoms with E-state index in [0.717, 1.165) is 57.2 Å². The Morgan fingerprint density at radius 2 is 1.94 bits per heavy atom. The lowest BCUT2D eigenvalue weighted by molar-refractivity contribution is -0.120. The number of amides is 1. The fraction of sp³-hybridized carbons (Fsp3) is 0.556. The zero-order valence-electron chi connectivity index (χ0n) is 20.3. The number of carbonyl (C=O) groups excluding carboxylic acids is 1. The molecule has 1 aromatic carbocycles. The minimum Gasteiger partial charge on any atom is -0.492 e. The van der Waals surface area contributed by atoms with Crippen LogP contribution in [0.5, 0.6) is 5.75 Å². The first-order valence-electron chi connectivity index (χ1n) is 12.6. The third kappa shape index (κ3) is 7.24. The maximum atomic E-state index is 14.7. The van der Waals surface area contributed by atoms with Gasteiger partial charge < -0.3 is 15.0 Å². The maximum absolute atomic E-state index is 14.7. The van der Waals surface area contributed by atoms with E-state index in [9.17, 15) is 9.18 Å². The normalized spacial score (nSPS) is 17.7. The van der Waals surface area contributed by atoms with Crippen LogP contribution in [0.15, 0.2) is 36.5 Å². The first kappa shape index (κ1) is 24.6. The van der Waals surface area contributed by atoms with Crippen molar-refractivity contribution in [1.29, 1.82) is 0 Å². The molecule has 7 heteroatoms. The molecule has 1 aliphatic carbocycles. The predicted octanol–water partition coefficient (Wildman–Crippen LogP) is 3.75. The van der Waals surface area contributed by atoms with Gasteiger partial charge in [0.05, 0.1) is 12.1 Å². The highest BCUT2D eigenvalue weighted by Crippen LogP contribution is 2.27. The molecule has 0 radical (unpaired) electrons. The number of benzene rings is 1. The quantitative estimate of drug-likeness (QED) is 0.576. The van der Waals surface area contributed by atoms with Crippen molar-refractivity contribution in [3.05, 3.63) is 47.9 Å². The second-order valence-corrected chi connectivity index (χ2v) is 9.65. The minimum absolute atomic E-state index is 0.0109. The van der Waals surface area contributed by atoms with Crippen molar-refractivity contribution in [3.63, 3.8) is 0 Å². The zero-order valence-corrected chi connectivity index (χ0v) is 20.3. The summed E-state index contributed by atoms with van der Waals surface area (Å²) in [5.74, 6) is 0.949. The molecule has 1 amide bonds. The summed E-state index contributed by atoms with van der Waals surface area (Å²) in [6, 6.07) is 8.53. The molecule has 1 N–H and O–H groups in total. The number of carbonyl (C=O) groups is 1. The number of ether oxygens (including phenoxy) is 1. The van der Waals surface area contributed by atoms with Crippen LogP contribution < -0.4 is 10.1 Å². The minimum atomic E-state index is -0.359. The van der Waals surface area contributed by atoms with E-state index < -0.39 is 0 Å². The fourth-order valence-electron chi connectivity index (χ4n) is 4.81. The monoisotopic (exact) mass is 468 g/mol. The van der Waals surface area contributed by atoms with Crippen LogP contribution in [0.25, 0.3) is 11.3 Å². The van der Waals surface area contributed by atoms with Crippen LogP contribution >= 0.6 is 0 Å². The second kappa shape index (κ2) is 12.3. The van der Waals surface area contributed by atoms with Gasteiger partial charge in [0.2, 0.25) is 5.91 Å². The van der Waals surface area contributed by atoms with Gasteiger partial charge in [-0.05, 0) is 43.1 Å². The number of halogens is 1. The van der Waals surface area contributed by atoms with Crippen molar-refractivity contribution >= 4 is 5.91 Å². The Bertz CT molecular complexity index is 923.